The lowest BCUT2D eigenvalue weighted by Crippen LogP contribution is -2.41. The van der Waals surface area contributed by atoms with E-state index in [0.29, 0.717) is 12.5 Å². The van der Waals surface area contributed by atoms with Gasteiger partial charge in [-0.2, -0.15) is 0 Å². The molecule has 5 nitrogen and oxygen atoms in total. The fourth-order valence-corrected chi connectivity index (χ4v) is 1.85. The van der Waals surface area contributed by atoms with Crippen molar-refractivity contribution in [3.8, 4) is 0 Å². The van der Waals surface area contributed by atoms with Crippen molar-refractivity contribution in [1.82, 2.24) is 4.90 Å². The lowest BCUT2D eigenvalue weighted by Gasteiger charge is -2.32. The van der Waals surface area contributed by atoms with Crippen LogP contribution in [0.25, 0.3) is 0 Å². The van der Waals surface area contributed by atoms with Crippen molar-refractivity contribution in [3.63, 3.8) is 0 Å². The molecule has 0 aromatic heterocycles. The van der Waals surface area contributed by atoms with Crippen LogP contribution in [0.4, 0.5) is 0 Å². The van der Waals surface area contributed by atoms with Crippen molar-refractivity contribution >= 4 is 5.84 Å². The van der Waals surface area contributed by atoms with E-state index < -0.39 is 0 Å². The summed E-state index contributed by atoms with van der Waals surface area (Å²) < 4.78 is 0. The number of hydrogen-bond acceptors (Lipinski definition) is 4. The number of piperidine rings is 1. The molecule has 0 saturated carbocycles. The Morgan fingerprint density at radius 3 is 2.57 bits per heavy atom. The number of rotatable bonds is 3. The molecule has 14 heavy (non-hydrogen) atoms. The van der Waals surface area contributed by atoms with E-state index >= 15 is 0 Å². The third kappa shape index (κ3) is 3.16. The first kappa shape index (κ1) is 11.3. The lowest BCUT2D eigenvalue weighted by molar-refractivity contribution is 0.0764. The minimum Gasteiger partial charge on any atom is -0.409 e. The molecule has 0 bridgehead atoms. The van der Waals surface area contributed by atoms with Crippen LogP contribution < -0.4 is 5.73 Å². The van der Waals surface area contributed by atoms with E-state index in [0.717, 1.165) is 25.9 Å². The number of nitrogens with zero attached hydrogens (tertiary/aromatic N) is 2. The fourth-order valence-electron chi connectivity index (χ4n) is 1.85. The van der Waals surface area contributed by atoms with Crippen molar-refractivity contribution < 1.29 is 10.3 Å². The van der Waals surface area contributed by atoms with Crippen LogP contribution in [0.3, 0.4) is 0 Å². The maximum atomic E-state index is 9.38. The van der Waals surface area contributed by atoms with Crippen LogP contribution in [-0.2, 0) is 0 Å². The minimum absolute atomic E-state index is 0.221. The molecule has 1 rings (SSSR count). The summed E-state index contributed by atoms with van der Waals surface area (Å²) in [5.41, 5.74) is 5.41. The molecule has 0 amide bonds. The lowest BCUT2D eigenvalue weighted by atomic mass is 9.92. The van der Waals surface area contributed by atoms with E-state index in [1.807, 2.05) is 6.92 Å². The first-order valence-corrected chi connectivity index (χ1v) is 5.00. The molecule has 1 aliphatic rings. The molecule has 0 aromatic rings. The standard InChI is InChI=1S/C9H19N3O2/c1-7(13)8-2-4-12(5-3-8)6-9(10)11-14/h7-8,13-14H,2-6H2,1H3,(H2,10,11)/t7-/m0/s1. The van der Waals surface area contributed by atoms with Gasteiger partial charge in [-0.05, 0) is 38.8 Å². The van der Waals surface area contributed by atoms with Crippen LogP contribution in [0.15, 0.2) is 5.16 Å². The topological polar surface area (TPSA) is 82.1 Å². The molecule has 1 fully saturated rings. The zero-order valence-electron chi connectivity index (χ0n) is 8.56. The van der Waals surface area contributed by atoms with Gasteiger partial charge in [0.25, 0.3) is 0 Å². The monoisotopic (exact) mass is 201 g/mol. The van der Waals surface area contributed by atoms with Gasteiger partial charge in [0.05, 0.1) is 12.6 Å². The maximum absolute atomic E-state index is 9.38. The molecule has 0 radical (unpaired) electrons. The summed E-state index contributed by atoms with van der Waals surface area (Å²) >= 11 is 0. The highest BCUT2D eigenvalue weighted by Crippen LogP contribution is 2.19. The Morgan fingerprint density at radius 1 is 1.57 bits per heavy atom. The fraction of sp³-hybridized carbons (Fsp3) is 0.889. The Kier molecular flexibility index (Phi) is 4.16. The van der Waals surface area contributed by atoms with Crippen LogP contribution in [-0.4, -0.2) is 46.8 Å². The number of hydrogen-bond donors (Lipinski definition) is 3. The average molecular weight is 201 g/mol. The van der Waals surface area contributed by atoms with E-state index in [1.165, 1.54) is 0 Å². The summed E-state index contributed by atoms with van der Waals surface area (Å²) in [6, 6.07) is 0. The van der Waals surface area contributed by atoms with Gasteiger partial charge in [-0.1, -0.05) is 5.16 Å². The Morgan fingerprint density at radius 2 is 2.14 bits per heavy atom. The third-order valence-electron chi connectivity index (χ3n) is 2.83. The molecule has 0 aliphatic carbocycles. The molecule has 82 valence electrons. The van der Waals surface area contributed by atoms with Gasteiger partial charge in [0.1, 0.15) is 0 Å². The number of likely N-dealkylation sites (tertiary alicyclic amines) is 1. The van der Waals surface area contributed by atoms with Gasteiger partial charge in [0.2, 0.25) is 0 Å². The van der Waals surface area contributed by atoms with Crippen molar-refractivity contribution in [1.29, 1.82) is 0 Å². The molecule has 1 aliphatic heterocycles. The molecule has 0 aromatic carbocycles. The van der Waals surface area contributed by atoms with E-state index in [9.17, 15) is 5.11 Å². The van der Waals surface area contributed by atoms with Gasteiger partial charge >= 0.3 is 0 Å². The predicted octanol–water partition coefficient (Wildman–Crippen LogP) is -0.174. The predicted molar refractivity (Wildman–Crippen MR) is 54.3 cm³/mol. The van der Waals surface area contributed by atoms with Crippen molar-refractivity contribution in [2.75, 3.05) is 19.6 Å². The quantitative estimate of drug-likeness (QED) is 0.256. The van der Waals surface area contributed by atoms with Crippen LogP contribution >= 0.6 is 0 Å². The second kappa shape index (κ2) is 5.17. The highest BCUT2D eigenvalue weighted by atomic mass is 16.4. The zero-order chi connectivity index (χ0) is 10.6. The molecule has 4 N–H and O–H groups in total. The molecule has 1 atom stereocenters. The minimum atomic E-state index is -0.221. The maximum Gasteiger partial charge on any atom is 0.153 e. The number of aliphatic hydroxyl groups excluding tert-OH is 1. The zero-order valence-corrected chi connectivity index (χ0v) is 8.56. The summed E-state index contributed by atoms with van der Waals surface area (Å²) in [6.07, 6.45) is 1.74. The van der Waals surface area contributed by atoms with Crippen LogP contribution in [0.1, 0.15) is 19.8 Å². The summed E-state index contributed by atoms with van der Waals surface area (Å²) in [6.45, 7) is 4.17. The summed E-state index contributed by atoms with van der Waals surface area (Å²) in [7, 11) is 0. The van der Waals surface area contributed by atoms with E-state index in [4.69, 9.17) is 10.9 Å². The van der Waals surface area contributed by atoms with Gasteiger partial charge < -0.3 is 16.0 Å². The smallest absolute Gasteiger partial charge is 0.153 e. The van der Waals surface area contributed by atoms with E-state index in [2.05, 4.69) is 10.1 Å². The summed E-state index contributed by atoms with van der Waals surface area (Å²) in [4.78, 5) is 2.13. The largest absolute Gasteiger partial charge is 0.409 e. The SMILES string of the molecule is C[C@H](O)C1CCN(C/C(N)=N\O)CC1. The number of amidine groups is 1. The molecule has 0 spiro atoms. The molecule has 1 heterocycles. The summed E-state index contributed by atoms with van der Waals surface area (Å²) in [5.74, 6) is 0.652. The van der Waals surface area contributed by atoms with Crippen molar-refractivity contribution in [2.45, 2.75) is 25.9 Å². The van der Waals surface area contributed by atoms with Gasteiger partial charge in [-0.25, -0.2) is 0 Å². The molecular weight excluding hydrogens is 182 g/mol. The Labute approximate surface area is 84.2 Å². The third-order valence-corrected chi connectivity index (χ3v) is 2.83. The molecule has 1 saturated heterocycles. The normalized spacial score (nSPS) is 23.7. The number of aliphatic hydroxyl groups is 1. The molecule has 0 unspecified atom stereocenters. The van der Waals surface area contributed by atoms with Crippen LogP contribution in [0, 0.1) is 5.92 Å². The Hall–Kier alpha value is -0.810. The highest BCUT2D eigenvalue weighted by Gasteiger charge is 2.22. The van der Waals surface area contributed by atoms with Gasteiger partial charge in [0.15, 0.2) is 5.84 Å². The van der Waals surface area contributed by atoms with Gasteiger partial charge in [0, 0.05) is 0 Å². The van der Waals surface area contributed by atoms with E-state index in [-0.39, 0.29) is 11.9 Å². The first-order valence-electron chi connectivity index (χ1n) is 5.00. The molecule has 5 heteroatoms. The van der Waals surface area contributed by atoms with Gasteiger partial charge in [-0.3, -0.25) is 4.90 Å². The Bertz CT molecular complexity index is 198. The average Bonchev–Trinajstić information content (AvgIpc) is 2.18. The first-order chi connectivity index (χ1) is 6.63. The second-order valence-electron chi connectivity index (χ2n) is 3.95. The molecular formula is C9H19N3O2. The van der Waals surface area contributed by atoms with Gasteiger partial charge in [-0.15, -0.1) is 0 Å². The highest BCUT2D eigenvalue weighted by molar-refractivity contribution is 5.81. The Balaban J connectivity index is 2.29. The number of nitrogens with two attached hydrogens (primary N) is 1. The summed E-state index contributed by atoms with van der Waals surface area (Å²) in [5, 5.41) is 20.7. The second-order valence-corrected chi connectivity index (χ2v) is 3.95. The number of oxime groups is 1. The van der Waals surface area contributed by atoms with Crippen molar-refractivity contribution in [3.05, 3.63) is 0 Å². The van der Waals surface area contributed by atoms with Crippen LogP contribution in [0.5, 0.6) is 0 Å². The van der Waals surface area contributed by atoms with E-state index in [1.54, 1.807) is 0 Å². The van der Waals surface area contributed by atoms with Crippen LogP contribution in [0.2, 0.25) is 0 Å². The van der Waals surface area contributed by atoms with Crippen molar-refractivity contribution in [2.24, 2.45) is 16.8 Å².